The number of carbonyl (C=O) groups is 1. The molecule has 0 N–H and O–H groups in total. The average Bonchev–Trinajstić information content (AvgIpc) is 2.53. The second kappa shape index (κ2) is 6.06. The smallest absolute Gasteiger partial charge is 0.338 e. The van der Waals surface area contributed by atoms with Crippen LogP contribution in [0.2, 0.25) is 0 Å². The van der Waals surface area contributed by atoms with Crippen molar-refractivity contribution in [3.8, 4) is 0 Å². The van der Waals surface area contributed by atoms with Gasteiger partial charge in [-0.1, -0.05) is 40.2 Å². The SMILES string of the molecule is O=C(OCc1cccc2cccnc12)c1ccc(Br)cc1. The van der Waals surface area contributed by atoms with Gasteiger partial charge in [0.1, 0.15) is 6.61 Å². The van der Waals surface area contributed by atoms with Gasteiger partial charge < -0.3 is 4.74 Å². The minimum Gasteiger partial charge on any atom is -0.457 e. The molecule has 3 nitrogen and oxygen atoms in total. The molecule has 1 heterocycles. The van der Waals surface area contributed by atoms with Crippen molar-refractivity contribution in [1.29, 1.82) is 0 Å². The van der Waals surface area contributed by atoms with Gasteiger partial charge >= 0.3 is 5.97 Å². The molecule has 0 aliphatic rings. The van der Waals surface area contributed by atoms with Gasteiger partial charge in [-0.2, -0.15) is 0 Å². The molecule has 0 aliphatic heterocycles. The third kappa shape index (κ3) is 3.11. The van der Waals surface area contributed by atoms with Crippen LogP contribution in [0.15, 0.2) is 65.3 Å². The van der Waals surface area contributed by atoms with Gasteiger partial charge in [0, 0.05) is 21.6 Å². The molecule has 0 aliphatic carbocycles. The van der Waals surface area contributed by atoms with E-state index in [1.807, 2.05) is 42.5 Å². The summed E-state index contributed by atoms with van der Waals surface area (Å²) in [6, 6.07) is 16.8. The minimum atomic E-state index is -0.338. The molecule has 0 unspecified atom stereocenters. The van der Waals surface area contributed by atoms with Crippen LogP contribution in [0.5, 0.6) is 0 Å². The number of pyridine rings is 1. The van der Waals surface area contributed by atoms with E-state index < -0.39 is 0 Å². The number of halogens is 1. The lowest BCUT2D eigenvalue weighted by Crippen LogP contribution is -2.05. The Morgan fingerprint density at radius 3 is 2.62 bits per heavy atom. The molecule has 2 aromatic carbocycles. The Morgan fingerprint density at radius 1 is 1.05 bits per heavy atom. The van der Waals surface area contributed by atoms with Gasteiger partial charge in [0.2, 0.25) is 0 Å². The van der Waals surface area contributed by atoms with Crippen LogP contribution in [0.4, 0.5) is 0 Å². The molecule has 1 aromatic heterocycles. The van der Waals surface area contributed by atoms with Crippen LogP contribution >= 0.6 is 15.9 Å². The zero-order valence-corrected chi connectivity index (χ0v) is 12.7. The summed E-state index contributed by atoms with van der Waals surface area (Å²) in [5, 5.41) is 1.04. The highest BCUT2D eigenvalue weighted by Gasteiger charge is 2.09. The lowest BCUT2D eigenvalue weighted by molar-refractivity contribution is 0.0474. The normalized spacial score (nSPS) is 10.5. The fourth-order valence-electron chi connectivity index (χ4n) is 2.10. The number of esters is 1. The molecule has 0 amide bonds. The maximum atomic E-state index is 12.0. The monoisotopic (exact) mass is 341 g/mol. The van der Waals surface area contributed by atoms with E-state index in [4.69, 9.17) is 4.74 Å². The maximum absolute atomic E-state index is 12.0. The lowest BCUT2D eigenvalue weighted by atomic mass is 10.1. The maximum Gasteiger partial charge on any atom is 0.338 e. The van der Waals surface area contributed by atoms with Crippen LogP contribution in [0, 0.1) is 0 Å². The van der Waals surface area contributed by atoms with E-state index in [1.165, 1.54) is 0 Å². The van der Waals surface area contributed by atoms with E-state index in [9.17, 15) is 4.79 Å². The van der Waals surface area contributed by atoms with Gasteiger partial charge in [-0.25, -0.2) is 4.79 Å². The zero-order valence-electron chi connectivity index (χ0n) is 11.1. The fraction of sp³-hybridized carbons (Fsp3) is 0.0588. The number of rotatable bonds is 3. The summed E-state index contributed by atoms with van der Waals surface area (Å²) < 4.78 is 6.30. The van der Waals surface area contributed by atoms with Crippen LogP contribution in [0.1, 0.15) is 15.9 Å². The molecule has 104 valence electrons. The van der Waals surface area contributed by atoms with E-state index in [0.29, 0.717) is 5.56 Å². The van der Waals surface area contributed by atoms with E-state index in [-0.39, 0.29) is 12.6 Å². The molecule has 3 rings (SSSR count). The van der Waals surface area contributed by atoms with Gasteiger partial charge in [0.15, 0.2) is 0 Å². The first kappa shape index (κ1) is 13.8. The topological polar surface area (TPSA) is 39.2 Å². The number of nitrogens with zero attached hydrogens (tertiary/aromatic N) is 1. The van der Waals surface area contributed by atoms with Gasteiger partial charge in [-0.3, -0.25) is 4.98 Å². The van der Waals surface area contributed by atoms with E-state index in [2.05, 4.69) is 20.9 Å². The summed E-state index contributed by atoms with van der Waals surface area (Å²) >= 11 is 3.34. The highest BCUT2D eigenvalue weighted by atomic mass is 79.9. The number of para-hydroxylation sites is 1. The van der Waals surface area contributed by atoms with Crippen LogP contribution in [-0.2, 0) is 11.3 Å². The summed E-state index contributed by atoms with van der Waals surface area (Å²) in [7, 11) is 0. The number of ether oxygens (including phenoxy) is 1. The molecular formula is C17H12BrNO2. The van der Waals surface area contributed by atoms with Crippen LogP contribution in [0.25, 0.3) is 10.9 Å². The first-order chi connectivity index (χ1) is 10.2. The average molecular weight is 342 g/mol. The van der Waals surface area contributed by atoms with Crippen molar-refractivity contribution in [3.05, 3.63) is 76.4 Å². The number of hydrogen-bond donors (Lipinski definition) is 0. The lowest BCUT2D eigenvalue weighted by Gasteiger charge is -2.07. The predicted octanol–water partition coefficient (Wildman–Crippen LogP) is 4.35. The minimum absolute atomic E-state index is 0.212. The predicted molar refractivity (Wildman–Crippen MR) is 85.0 cm³/mol. The van der Waals surface area contributed by atoms with Crippen molar-refractivity contribution in [3.63, 3.8) is 0 Å². The van der Waals surface area contributed by atoms with Crippen molar-refractivity contribution >= 4 is 32.8 Å². The van der Waals surface area contributed by atoms with E-state index >= 15 is 0 Å². The zero-order chi connectivity index (χ0) is 14.7. The van der Waals surface area contributed by atoms with E-state index in [0.717, 1.165) is 20.9 Å². The molecule has 0 saturated carbocycles. The Balaban J connectivity index is 1.77. The molecule has 0 radical (unpaired) electrons. The third-order valence-corrected chi connectivity index (χ3v) is 3.68. The standard InChI is InChI=1S/C17H12BrNO2/c18-15-8-6-13(7-9-15)17(20)21-11-14-4-1-3-12-5-2-10-19-16(12)14/h1-10H,11H2. The van der Waals surface area contributed by atoms with Gasteiger partial charge in [0.05, 0.1) is 11.1 Å². The molecule has 0 bridgehead atoms. The summed E-state index contributed by atoms with van der Waals surface area (Å²) in [5.74, 6) is -0.338. The number of carbonyl (C=O) groups excluding carboxylic acids is 1. The Morgan fingerprint density at radius 2 is 1.81 bits per heavy atom. The number of benzene rings is 2. The van der Waals surface area contributed by atoms with Crippen molar-refractivity contribution in [2.24, 2.45) is 0 Å². The fourth-order valence-corrected chi connectivity index (χ4v) is 2.36. The first-order valence-electron chi connectivity index (χ1n) is 6.49. The Hall–Kier alpha value is -2.20. The Kier molecular flexibility index (Phi) is 3.97. The molecule has 0 saturated heterocycles. The molecule has 21 heavy (non-hydrogen) atoms. The number of hydrogen-bond acceptors (Lipinski definition) is 3. The van der Waals surface area contributed by atoms with Crippen molar-refractivity contribution in [2.45, 2.75) is 6.61 Å². The molecule has 0 atom stereocenters. The third-order valence-electron chi connectivity index (χ3n) is 3.15. The summed E-state index contributed by atoms with van der Waals surface area (Å²) in [6.07, 6.45) is 1.74. The Labute approximate surface area is 130 Å². The molecule has 4 heteroatoms. The number of aromatic nitrogens is 1. The van der Waals surface area contributed by atoms with Gasteiger partial charge in [0.25, 0.3) is 0 Å². The quantitative estimate of drug-likeness (QED) is 0.664. The summed E-state index contributed by atoms with van der Waals surface area (Å²) in [6.45, 7) is 0.212. The molecule has 0 spiro atoms. The van der Waals surface area contributed by atoms with Crippen molar-refractivity contribution in [1.82, 2.24) is 4.98 Å². The highest BCUT2D eigenvalue weighted by Crippen LogP contribution is 2.17. The first-order valence-corrected chi connectivity index (χ1v) is 7.28. The second-order valence-electron chi connectivity index (χ2n) is 4.58. The van der Waals surface area contributed by atoms with Gasteiger partial charge in [-0.05, 0) is 30.3 Å². The molecular weight excluding hydrogens is 330 g/mol. The van der Waals surface area contributed by atoms with Crippen LogP contribution in [0.3, 0.4) is 0 Å². The largest absolute Gasteiger partial charge is 0.457 e. The highest BCUT2D eigenvalue weighted by molar-refractivity contribution is 9.10. The van der Waals surface area contributed by atoms with Crippen molar-refractivity contribution in [2.75, 3.05) is 0 Å². The molecule has 0 fully saturated rings. The van der Waals surface area contributed by atoms with Crippen LogP contribution < -0.4 is 0 Å². The van der Waals surface area contributed by atoms with Crippen molar-refractivity contribution < 1.29 is 9.53 Å². The second-order valence-corrected chi connectivity index (χ2v) is 5.49. The summed E-state index contributed by atoms with van der Waals surface area (Å²) in [5.41, 5.74) is 2.30. The van der Waals surface area contributed by atoms with Crippen LogP contribution in [-0.4, -0.2) is 11.0 Å². The number of fused-ring (bicyclic) bond motifs is 1. The van der Waals surface area contributed by atoms with Gasteiger partial charge in [-0.15, -0.1) is 0 Å². The Bertz CT molecular complexity index is 779. The summed E-state index contributed by atoms with van der Waals surface area (Å²) in [4.78, 5) is 16.4. The molecule has 3 aromatic rings. The van der Waals surface area contributed by atoms with E-state index in [1.54, 1.807) is 18.3 Å².